The lowest BCUT2D eigenvalue weighted by Gasteiger charge is -2.01. The minimum atomic E-state index is -0.476. The van der Waals surface area contributed by atoms with Crippen LogP contribution in [0.3, 0.4) is 0 Å². The van der Waals surface area contributed by atoms with Crippen LogP contribution in [0.5, 0.6) is 0 Å². The third-order valence-electron chi connectivity index (χ3n) is 2.78. The molecule has 5 nitrogen and oxygen atoms in total. The lowest BCUT2D eigenvalue weighted by molar-refractivity contribution is 0.0599. The van der Waals surface area contributed by atoms with E-state index in [0.29, 0.717) is 17.7 Å². The lowest BCUT2D eigenvalue weighted by Crippen LogP contribution is -2.05. The van der Waals surface area contributed by atoms with Crippen molar-refractivity contribution in [2.24, 2.45) is 5.73 Å². The van der Waals surface area contributed by atoms with Crippen LogP contribution in [-0.2, 0) is 16.0 Å². The van der Waals surface area contributed by atoms with Crippen LogP contribution in [-0.4, -0.2) is 26.2 Å². The number of hydrogen-bond acceptors (Lipinski definition) is 5. The molecule has 0 aliphatic carbocycles. The van der Waals surface area contributed by atoms with E-state index >= 15 is 0 Å². The summed E-state index contributed by atoms with van der Waals surface area (Å²) >= 11 is 0. The van der Waals surface area contributed by atoms with Gasteiger partial charge in [-0.1, -0.05) is 36.4 Å². The van der Waals surface area contributed by atoms with Gasteiger partial charge in [0.05, 0.1) is 25.3 Å². The first-order valence-electron chi connectivity index (χ1n) is 6.63. The minimum absolute atomic E-state index is 0.329. The zero-order chi connectivity index (χ0) is 16.4. The topological polar surface area (TPSA) is 78.6 Å². The van der Waals surface area contributed by atoms with Gasteiger partial charge in [0.2, 0.25) is 0 Å². The summed E-state index contributed by atoms with van der Waals surface area (Å²) in [4.78, 5) is 22.2. The average Bonchev–Trinajstić information content (AvgIpc) is 2.61. The molecule has 0 bridgehead atoms. The van der Waals surface area contributed by atoms with Crippen molar-refractivity contribution in [1.29, 1.82) is 0 Å². The van der Waals surface area contributed by atoms with Crippen molar-refractivity contribution in [3.63, 3.8) is 0 Å². The summed E-state index contributed by atoms with van der Waals surface area (Å²) in [6.07, 6.45) is 0. The van der Waals surface area contributed by atoms with Crippen molar-refractivity contribution in [3.05, 3.63) is 71.3 Å². The molecule has 0 saturated heterocycles. The third kappa shape index (κ3) is 5.38. The molecule has 0 radical (unpaired) electrons. The van der Waals surface area contributed by atoms with E-state index in [0.717, 1.165) is 0 Å². The molecule has 0 amide bonds. The van der Waals surface area contributed by atoms with Gasteiger partial charge in [-0.2, -0.15) is 0 Å². The normalized spacial score (nSPS) is 9.23. The number of nitrogens with two attached hydrogens (primary N) is 1. The second-order valence-electron chi connectivity index (χ2n) is 4.25. The van der Waals surface area contributed by atoms with Crippen molar-refractivity contribution >= 4 is 11.9 Å². The smallest absolute Gasteiger partial charge is 0.337 e. The first-order chi connectivity index (χ1) is 10.6. The van der Waals surface area contributed by atoms with E-state index < -0.39 is 11.9 Å². The van der Waals surface area contributed by atoms with Gasteiger partial charge in [-0.05, 0) is 23.8 Å². The molecule has 5 heteroatoms. The Morgan fingerprint density at radius 2 is 1.36 bits per heavy atom. The van der Waals surface area contributed by atoms with Crippen LogP contribution in [0.4, 0.5) is 0 Å². The summed E-state index contributed by atoms with van der Waals surface area (Å²) in [7, 11) is 2.57. The zero-order valence-corrected chi connectivity index (χ0v) is 12.6. The summed E-state index contributed by atoms with van der Waals surface area (Å²) in [5.74, 6) is -0.952. The highest BCUT2D eigenvalue weighted by Gasteiger charge is 2.09. The highest BCUT2D eigenvalue weighted by Crippen LogP contribution is 2.07. The van der Waals surface area contributed by atoms with Gasteiger partial charge in [0, 0.05) is 6.54 Å². The second kappa shape index (κ2) is 9.31. The monoisotopic (exact) mass is 301 g/mol. The van der Waals surface area contributed by atoms with Crippen LogP contribution in [0.15, 0.2) is 54.6 Å². The molecule has 0 aliphatic rings. The van der Waals surface area contributed by atoms with Gasteiger partial charge in [0.1, 0.15) is 0 Å². The number of hydrogen-bond donors (Lipinski definition) is 1. The molecule has 0 atom stereocenters. The van der Waals surface area contributed by atoms with Gasteiger partial charge in [-0.15, -0.1) is 0 Å². The molecule has 0 heterocycles. The first kappa shape index (κ1) is 17.4. The summed E-state index contributed by atoms with van der Waals surface area (Å²) in [6, 6.07) is 16.1. The maximum Gasteiger partial charge on any atom is 0.337 e. The van der Waals surface area contributed by atoms with Crippen LogP contribution < -0.4 is 5.73 Å². The molecule has 22 heavy (non-hydrogen) atoms. The van der Waals surface area contributed by atoms with Crippen LogP contribution in [0.2, 0.25) is 0 Å². The molecule has 2 rings (SSSR count). The molecule has 0 spiro atoms. The molecule has 2 aromatic rings. The van der Waals surface area contributed by atoms with Gasteiger partial charge in [-0.25, -0.2) is 9.59 Å². The predicted molar refractivity (Wildman–Crippen MR) is 83.5 cm³/mol. The van der Waals surface area contributed by atoms with Crippen molar-refractivity contribution in [1.82, 2.24) is 0 Å². The Balaban J connectivity index is 0.000000255. The van der Waals surface area contributed by atoms with Crippen molar-refractivity contribution in [2.45, 2.75) is 6.54 Å². The Hall–Kier alpha value is -2.66. The number of carbonyl (C=O) groups excluding carboxylic acids is 2. The molecule has 0 saturated carbocycles. The number of methoxy groups -OCH3 is 2. The highest BCUT2D eigenvalue weighted by molar-refractivity contribution is 5.95. The van der Waals surface area contributed by atoms with E-state index in [1.165, 1.54) is 25.8 Å². The summed E-state index contributed by atoms with van der Waals surface area (Å²) < 4.78 is 9.03. The first-order valence-corrected chi connectivity index (χ1v) is 6.63. The maximum absolute atomic E-state index is 11.1. The van der Waals surface area contributed by atoms with E-state index in [2.05, 4.69) is 9.47 Å². The van der Waals surface area contributed by atoms with Crippen LogP contribution >= 0.6 is 0 Å². The lowest BCUT2D eigenvalue weighted by atomic mass is 10.1. The third-order valence-corrected chi connectivity index (χ3v) is 2.78. The van der Waals surface area contributed by atoms with Crippen LogP contribution in [0.25, 0.3) is 0 Å². The van der Waals surface area contributed by atoms with E-state index in [1.54, 1.807) is 18.2 Å². The molecular formula is C17H19NO4. The van der Waals surface area contributed by atoms with Gasteiger partial charge < -0.3 is 15.2 Å². The molecular weight excluding hydrogens is 282 g/mol. The highest BCUT2D eigenvalue weighted by atomic mass is 16.5. The number of rotatable bonds is 3. The fraction of sp³-hybridized carbons (Fsp3) is 0.176. The Kier molecular flexibility index (Phi) is 7.36. The fourth-order valence-corrected chi connectivity index (χ4v) is 1.62. The minimum Gasteiger partial charge on any atom is -0.465 e. The van der Waals surface area contributed by atoms with Gasteiger partial charge >= 0.3 is 11.9 Å². The SMILES string of the molecule is COC(=O)c1cccc(C(=O)OC)c1.NCc1ccccc1. The quantitative estimate of drug-likeness (QED) is 0.881. The van der Waals surface area contributed by atoms with Gasteiger partial charge in [0.15, 0.2) is 0 Å². The molecule has 0 aliphatic heterocycles. The van der Waals surface area contributed by atoms with Crippen LogP contribution in [0.1, 0.15) is 26.3 Å². The maximum atomic E-state index is 11.1. The van der Waals surface area contributed by atoms with Crippen molar-refractivity contribution < 1.29 is 19.1 Å². The largest absolute Gasteiger partial charge is 0.465 e. The van der Waals surface area contributed by atoms with Gasteiger partial charge in [0.25, 0.3) is 0 Å². The zero-order valence-electron chi connectivity index (χ0n) is 12.6. The molecule has 0 aromatic heterocycles. The second-order valence-corrected chi connectivity index (χ2v) is 4.25. The molecule has 116 valence electrons. The van der Waals surface area contributed by atoms with Crippen molar-refractivity contribution in [2.75, 3.05) is 14.2 Å². The van der Waals surface area contributed by atoms with E-state index in [9.17, 15) is 9.59 Å². The Morgan fingerprint density at radius 1 is 0.864 bits per heavy atom. The predicted octanol–water partition coefficient (Wildman–Crippen LogP) is 2.41. The Bertz CT molecular complexity index is 580. The Labute approximate surface area is 129 Å². The van der Waals surface area contributed by atoms with Crippen molar-refractivity contribution in [3.8, 4) is 0 Å². The Morgan fingerprint density at radius 3 is 1.73 bits per heavy atom. The van der Waals surface area contributed by atoms with Crippen LogP contribution in [0, 0.1) is 0 Å². The summed E-state index contributed by atoms with van der Waals surface area (Å²) in [5.41, 5.74) is 7.20. The number of esters is 2. The summed E-state index contributed by atoms with van der Waals surface area (Å²) in [5, 5.41) is 0. The average molecular weight is 301 g/mol. The summed E-state index contributed by atoms with van der Waals surface area (Å²) in [6.45, 7) is 0.640. The molecule has 2 N–H and O–H groups in total. The molecule has 2 aromatic carbocycles. The number of carbonyl (C=O) groups is 2. The standard InChI is InChI=1S/C10H10O4.C7H9N/c1-13-9(11)7-4-3-5-8(6-7)10(12)14-2;8-6-7-4-2-1-3-5-7/h3-6H,1-2H3;1-5H,6,8H2. The molecule has 0 fully saturated rings. The molecule has 0 unspecified atom stereocenters. The van der Waals surface area contributed by atoms with E-state index in [4.69, 9.17) is 5.73 Å². The van der Waals surface area contributed by atoms with E-state index in [1.807, 2.05) is 30.3 Å². The number of ether oxygens (including phenoxy) is 2. The van der Waals surface area contributed by atoms with E-state index in [-0.39, 0.29) is 0 Å². The fourth-order valence-electron chi connectivity index (χ4n) is 1.62. The number of benzene rings is 2. The van der Waals surface area contributed by atoms with Gasteiger partial charge in [-0.3, -0.25) is 0 Å².